The number of rotatable bonds is 7. The van der Waals surface area contributed by atoms with Crippen molar-refractivity contribution in [1.82, 2.24) is 15.1 Å². The van der Waals surface area contributed by atoms with Crippen LogP contribution in [0.2, 0.25) is 0 Å². The van der Waals surface area contributed by atoms with E-state index in [0.29, 0.717) is 5.56 Å². The first-order valence-electron chi connectivity index (χ1n) is 7.37. The normalized spacial score (nSPS) is 12.6. The number of halogens is 2. The fraction of sp³-hybridized carbons (Fsp3) is 0.438. The second kappa shape index (κ2) is 7.31. The first kappa shape index (κ1) is 15.6. The van der Waals surface area contributed by atoms with E-state index < -0.39 is 11.6 Å². The van der Waals surface area contributed by atoms with Gasteiger partial charge in [0.1, 0.15) is 0 Å². The third-order valence-corrected chi connectivity index (χ3v) is 3.33. The zero-order valence-corrected chi connectivity index (χ0v) is 12.4. The van der Waals surface area contributed by atoms with Crippen LogP contribution in [0.1, 0.15) is 43.9 Å². The van der Waals surface area contributed by atoms with Gasteiger partial charge in [-0.3, -0.25) is 4.68 Å². The monoisotopic (exact) mass is 293 g/mol. The molecule has 0 fully saturated rings. The number of aryl methyl sites for hydroxylation is 1. The van der Waals surface area contributed by atoms with Gasteiger partial charge in [0.15, 0.2) is 11.6 Å². The summed E-state index contributed by atoms with van der Waals surface area (Å²) in [7, 11) is 0. The van der Waals surface area contributed by atoms with Crippen molar-refractivity contribution in [3.8, 4) is 0 Å². The molecule has 1 unspecified atom stereocenters. The number of nitrogens with one attached hydrogen (secondary N) is 1. The van der Waals surface area contributed by atoms with Crippen molar-refractivity contribution in [2.45, 2.75) is 39.3 Å². The van der Waals surface area contributed by atoms with Crippen LogP contribution in [0.4, 0.5) is 8.78 Å². The summed E-state index contributed by atoms with van der Waals surface area (Å²) in [5.41, 5.74) is 1.17. The van der Waals surface area contributed by atoms with Crippen LogP contribution >= 0.6 is 0 Å². The molecular weight excluding hydrogens is 272 g/mol. The van der Waals surface area contributed by atoms with Gasteiger partial charge >= 0.3 is 0 Å². The van der Waals surface area contributed by atoms with Gasteiger partial charge in [-0.05, 0) is 25.5 Å². The summed E-state index contributed by atoms with van der Waals surface area (Å²) in [5.74, 6) is -1.62. The smallest absolute Gasteiger partial charge is 0.163 e. The highest BCUT2D eigenvalue weighted by atomic mass is 19.2. The zero-order valence-electron chi connectivity index (χ0n) is 12.4. The Morgan fingerprint density at radius 1 is 1.24 bits per heavy atom. The Bertz CT molecular complexity index is 581. The molecule has 114 valence electrons. The maximum Gasteiger partial charge on any atom is 0.163 e. The van der Waals surface area contributed by atoms with Gasteiger partial charge in [-0.1, -0.05) is 26.0 Å². The quantitative estimate of drug-likeness (QED) is 0.844. The highest BCUT2D eigenvalue weighted by Gasteiger charge is 2.20. The predicted octanol–water partition coefficient (Wildman–Crippen LogP) is 3.66. The van der Waals surface area contributed by atoms with Gasteiger partial charge in [0.2, 0.25) is 0 Å². The van der Waals surface area contributed by atoms with E-state index in [9.17, 15) is 8.78 Å². The van der Waals surface area contributed by atoms with Gasteiger partial charge < -0.3 is 5.32 Å². The fourth-order valence-electron chi connectivity index (χ4n) is 2.32. The summed E-state index contributed by atoms with van der Waals surface area (Å²) < 4.78 is 29.4. The number of hydrogen-bond acceptors (Lipinski definition) is 2. The van der Waals surface area contributed by atoms with Crippen molar-refractivity contribution >= 4 is 0 Å². The second-order valence-electron chi connectivity index (χ2n) is 5.07. The average Bonchev–Trinajstić information content (AvgIpc) is 2.92. The van der Waals surface area contributed by atoms with Crippen LogP contribution in [0.25, 0.3) is 0 Å². The number of benzene rings is 1. The number of nitrogens with zero attached hydrogens (tertiary/aromatic N) is 2. The minimum atomic E-state index is -0.822. The molecule has 5 heteroatoms. The Hall–Kier alpha value is -1.75. The molecule has 3 nitrogen and oxygen atoms in total. The van der Waals surface area contributed by atoms with Crippen molar-refractivity contribution in [3.05, 3.63) is 53.4 Å². The van der Waals surface area contributed by atoms with Crippen molar-refractivity contribution < 1.29 is 8.78 Å². The third-order valence-electron chi connectivity index (χ3n) is 3.33. The Labute approximate surface area is 124 Å². The number of hydrogen-bond donors (Lipinski definition) is 1. The lowest BCUT2D eigenvalue weighted by Gasteiger charge is -2.18. The lowest BCUT2D eigenvalue weighted by molar-refractivity contribution is 0.480. The molecule has 0 aliphatic heterocycles. The molecule has 2 rings (SSSR count). The SMILES string of the molecule is CCCNC(c1cnn(CCC)c1)c1cccc(F)c1F. The zero-order chi connectivity index (χ0) is 15.2. The molecule has 2 aromatic rings. The molecule has 0 spiro atoms. The van der Waals surface area contributed by atoms with E-state index in [2.05, 4.69) is 17.3 Å². The van der Waals surface area contributed by atoms with Crippen LogP contribution in [-0.2, 0) is 6.54 Å². The van der Waals surface area contributed by atoms with Gasteiger partial charge in [-0.25, -0.2) is 8.78 Å². The summed E-state index contributed by atoms with van der Waals surface area (Å²) in [5, 5.41) is 7.54. The molecule has 1 aromatic carbocycles. The molecule has 0 amide bonds. The Morgan fingerprint density at radius 3 is 2.76 bits per heavy atom. The van der Waals surface area contributed by atoms with Crippen molar-refractivity contribution in [3.63, 3.8) is 0 Å². The topological polar surface area (TPSA) is 29.9 Å². The first-order chi connectivity index (χ1) is 10.2. The Kier molecular flexibility index (Phi) is 5.44. The molecule has 1 N–H and O–H groups in total. The van der Waals surface area contributed by atoms with Gasteiger partial charge in [0.05, 0.1) is 12.2 Å². The molecule has 1 atom stereocenters. The standard InChI is InChI=1S/C16H21F2N3/c1-3-8-19-16(12-10-20-21(11-12)9-4-2)13-6-5-7-14(17)15(13)18/h5-7,10-11,16,19H,3-4,8-9H2,1-2H3. The highest BCUT2D eigenvalue weighted by Crippen LogP contribution is 2.25. The van der Waals surface area contributed by atoms with Gasteiger partial charge in [0.25, 0.3) is 0 Å². The van der Waals surface area contributed by atoms with E-state index in [1.165, 1.54) is 6.07 Å². The predicted molar refractivity (Wildman–Crippen MR) is 79.0 cm³/mol. The largest absolute Gasteiger partial charge is 0.306 e. The lowest BCUT2D eigenvalue weighted by Crippen LogP contribution is -2.24. The third kappa shape index (κ3) is 3.67. The second-order valence-corrected chi connectivity index (χ2v) is 5.07. The van der Waals surface area contributed by atoms with Crippen molar-refractivity contribution in [2.75, 3.05) is 6.54 Å². The Balaban J connectivity index is 2.34. The van der Waals surface area contributed by atoms with E-state index in [4.69, 9.17) is 0 Å². The maximum absolute atomic E-state index is 14.1. The lowest BCUT2D eigenvalue weighted by atomic mass is 10.0. The summed E-state index contributed by atoms with van der Waals surface area (Å²) in [6, 6.07) is 3.90. The van der Waals surface area contributed by atoms with E-state index >= 15 is 0 Å². The van der Waals surface area contributed by atoms with E-state index in [0.717, 1.165) is 37.6 Å². The average molecular weight is 293 g/mol. The van der Waals surface area contributed by atoms with E-state index in [1.807, 2.05) is 17.8 Å². The summed E-state index contributed by atoms with van der Waals surface area (Å²) >= 11 is 0. The van der Waals surface area contributed by atoms with E-state index in [-0.39, 0.29) is 6.04 Å². The van der Waals surface area contributed by atoms with Crippen LogP contribution in [0.5, 0.6) is 0 Å². The molecule has 0 aliphatic carbocycles. The molecular formula is C16H21F2N3. The van der Waals surface area contributed by atoms with Gasteiger partial charge in [-0.2, -0.15) is 5.10 Å². The van der Waals surface area contributed by atoms with Gasteiger partial charge in [0, 0.05) is 23.9 Å². The van der Waals surface area contributed by atoms with Crippen LogP contribution in [-0.4, -0.2) is 16.3 Å². The van der Waals surface area contributed by atoms with Gasteiger partial charge in [-0.15, -0.1) is 0 Å². The van der Waals surface area contributed by atoms with Crippen LogP contribution in [0, 0.1) is 11.6 Å². The fourth-order valence-corrected chi connectivity index (χ4v) is 2.32. The van der Waals surface area contributed by atoms with Crippen LogP contribution in [0.15, 0.2) is 30.6 Å². The van der Waals surface area contributed by atoms with Crippen molar-refractivity contribution in [2.24, 2.45) is 0 Å². The molecule has 0 saturated carbocycles. The molecule has 1 heterocycles. The van der Waals surface area contributed by atoms with E-state index in [1.54, 1.807) is 12.3 Å². The number of aromatic nitrogens is 2. The highest BCUT2D eigenvalue weighted by molar-refractivity contribution is 5.31. The minimum Gasteiger partial charge on any atom is -0.306 e. The molecule has 0 aliphatic rings. The maximum atomic E-state index is 14.1. The summed E-state index contributed by atoms with van der Waals surface area (Å²) in [4.78, 5) is 0. The summed E-state index contributed by atoms with van der Waals surface area (Å²) in [6.45, 7) is 5.64. The molecule has 0 bridgehead atoms. The Morgan fingerprint density at radius 2 is 2.05 bits per heavy atom. The minimum absolute atomic E-state index is 0.319. The van der Waals surface area contributed by atoms with Crippen molar-refractivity contribution in [1.29, 1.82) is 0 Å². The van der Waals surface area contributed by atoms with Crippen LogP contribution < -0.4 is 5.32 Å². The molecule has 21 heavy (non-hydrogen) atoms. The molecule has 0 saturated heterocycles. The molecule has 1 aromatic heterocycles. The van der Waals surface area contributed by atoms with Crippen LogP contribution in [0.3, 0.4) is 0 Å². The summed E-state index contributed by atoms with van der Waals surface area (Å²) in [6.07, 6.45) is 5.49. The first-order valence-corrected chi connectivity index (χ1v) is 7.37. The molecule has 0 radical (unpaired) electrons.